The molecule has 1 aromatic rings. The Bertz CT molecular complexity index is 547. The second-order valence-corrected chi connectivity index (χ2v) is 6.73. The van der Waals surface area contributed by atoms with Gasteiger partial charge in [0.15, 0.2) is 0 Å². The summed E-state index contributed by atoms with van der Waals surface area (Å²) in [7, 11) is -3.80. The highest BCUT2D eigenvalue weighted by Crippen LogP contribution is 2.19. The van der Waals surface area contributed by atoms with Crippen molar-refractivity contribution in [1.29, 1.82) is 0 Å². The fraction of sp³-hybridized carbons (Fsp3) is 0.500. The molecule has 0 aromatic heterocycles. The van der Waals surface area contributed by atoms with Crippen molar-refractivity contribution < 1.29 is 12.8 Å². The number of nitrogens with one attached hydrogen (secondary N) is 2. The molecule has 4 nitrogen and oxygen atoms in total. The van der Waals surface area contributed by atoms with Gasteiger partial charge in [0, 0.05) is 17.6 Å². The van der Waals surface area contributed by atoms with Gasteiger partial charge in [0.05, 0.1) is 0 Å². The quantitative estimate of drug-likeness (QED) is 0.757. The summed E-state index contributed by atoms with van der Waals surface area (Å²) in [6, 6.07) is 4.12. The van der Waals surface area contributed by atoms with Crippen molar-refractivity contribution >= 4 is 21.6 Å². The second kappa shape index (κ2) is 6.17. The molecule has 1 saturated carbocycles. The number of sulfonamides is 1. The summed E-state index contributed by atoms with van der Waals surface area (Å²) >= 11 is 5.58. The lowest BCUT2D eigenvalue weighted by Crippen LogP contribution is -2.28. The summed E-state index contributed by atoms with van der Waals surface area (Å²) in [4.78, 5) is -0.368. The Morgan fingerprint density at radius 1 is 1.32 bits per heavy atom. The van der Waals surface area contributed by atoms with E-state index in [-0.39, 0.29) is 16.5 Å². The van der Waals surface area contributed by atoms with Crippen LogP contribution in [-0.2, 0) is 10.0 Å². The Kier molecular flexibility index (Phi) is 4.78. The standard InChI is InChI=1S/C12H16ClFN2O2S/c13-9-2-5-12(11(14)8-9)19(17,18)16-7-1-6-15-10-3-4-10/h2,5,8,10,15-16H,1,3-4,6-7H2. The van der Waals surface area contributed by atoms with Crippen molar-refractivity contribution in [1.82, 2.24) is 10.0 Å². The molecule has 0 amide bonds. The fourth-order valence-electron chi connectivity index (χ4n) is 1.66. The van der Waals surface area contributed by atoms with E-state index in [1.54, 1.807) is 0 Å². The van der Waals surface area contributed by atoms with E-state index in [1.165, 1.54) is 25.0 Å². The number of benzene rings is 1. The van der Waals surface area contributed by atoms with Crippen molar-refractivity contribution in [2.24, 2.45) is 0 Å². The topological polar surface area (TPSA) is 58.2 Å². The largest absolute Gasteiger partial charge is 0.314 e. The van der Waals surface area contributed by atoms with Crippen LogP contribution in [0.5, 0.6) is 0 Å². The Hall–Kier alpha value is -0.690. The number of rotatable bonds is 7. The van der Waals surface area contributed by atoms with Gasteiger partial charge in [0.25, 0.3) is 0 Å². The monoisotopic (exact) mass is 306 g/mol. The number of hydrogen-bond donors (Lipinski definition) is 2. The van der Waals surface area contributed by atoms with Gasteiger partial charge in [-0.3, -0.25) is 0 Å². The Balaban J connectivity index is 1.86. The Labute approximate surface area is 117 Å². The molecule has 106 valence electrons. The van der Waals surface area contributed by atoms with Crippen LogP contribution in [0.2, 0.25) is 5.02 Å². The second-order valence-electron chi connectivity index (χ2n) is 4.55. The van der Waals surface area contributed by atoms with Crippen LogP contribution in [0.4, 0.5) is 4.39 Å². The zero-order valence-electron chi connectivity index (χ0n) is 10.3. The molecule has 0 heterocycles. The molecule has 2 N–H and O–H groups in total. The van der Waals surface area contributed by atoms with Gasteiger partial charge in [-0.15, -0.1) is 0 Å². The van der Waals surface area contributed by atoms with E-state index >= 15 is 0 Å². The molecule has 0 radical (unpaired) electrons. The number of hydrogen-bond acceptors (Lipinski definition) is 3. The first-order valence-electron chi connectivity index (χ1n) is 6.17. The number of halogens is 2. The van der Waals surface area contributed by atoms with Gasteiger partial charge in [-0.1, -0.05) is 11.6 Å². The predicted octanol–water partition coefficient (Wildman–Crippen LogP) is 1.90. The first-order valence-corrected chi connectivity index (χ1v) is 8.03. The first kappa shape index (κ1) is 14.7. The SMILES string of the molecule is O=S(=O)(NCCCNC1CC1)c1ccc(Cl)cc1F. The summed E-state index contributed by atoms with van der Waals surface area (Å²) in [6.07, 6.45) is 3.06. The molecule has 0 bridgehead atoms. The maximum absolute atomic E-state index is 13.5. The van der Waals surface area contributed by atoms with Crippen LogP contribution in [0.1, 0.15) is 19.3 Å². The van der Waals surface area contributed by atoms with Crippen molar-refractivity contribution in [3.05, 3.63) is 29.0 Å². The summed E-state index contributed by atoms with van der Waals surface area (Å²) in [5, 5.41) is 3.45. The first-order chi connectivity index (χ1) is 8.99. The van der Waals surface area contributed by atoms with Gasteiger partial charge in [0.1, 0.15) is 10.7 Å². The van der Waals surface area contributed by atoms with Gasteiger partial charge >= 0.3 is 0 Å². The van der Waals surface area contributed by atoms with E-state index in [2.05, 4.69) is 10.0 Å². The summed E-state index contributed by atoms with van der Waals surface area (Å²) in [5.74, 6) is -0.837. The maximum atomic E-state index is 13.5. The Morgan fingerprint density at radius 3 is 2.68 bits per heavy atom. The molecule has 0 spiro atoms. The highest BCUT2D eigenvalue weighted by atomic mass is 35.5. The van der Waals surface area contributed by atoms with Crippen molar-refractivity contribution in [2.75, 3.05) is 13.1 Å². The van der Waals surface area contributed by atoms with Crippen molar-refractivity contribution in [3.63, 3.8) is 0 Å². The van der Waals surface area contributed by atoms with Crippen LogP contribution in [0.3, 0.4) is 0 Å². The molecule has 7 heteroatoms. The highest BCUT2D eigenvalue weighted by molar-refractivity contribution is 7.89. The van der Waals surface area contributed by atoms with E-state index in [9.17, 15) is 12.8 Å². The van der Waals surface area contributed by atoms with E-state index in [0.717, 1.165) is 12.6 Å². The van der Waals surface area contributed by atoms with Crippen LogP contribution in [0.15, 0.2) is 23.1 Å². The van der Waals surface area contributed by atoms with Crippen LogP contribution >= 0.6 is 11.6 Å². The van der Waals surface area contributed by atoms with Gasteiger partial charge < -0.3 is 5.32 Å². The molecule has 1 aliphatic rings. The zero-order valence-corrected chi connectivity index (χ0v) is 11.9. The molecule has 0 atom stereocenters. The third-order valence-electron chi connectivity index (χ3n) is 2.84. The molecular weight excluding hydrogens is 291 g/mol. The molecular formula is C12H16ClFN2O2S. The molecule has 0 unspecified atom stereocenters. The average Bonchev–Trinajstić information content (AvgIpc) is 3.11. The molecule has 19 heavy (non-hydrogen) atoms. The van der Waals surface area contributed by atoms with E-state index < -0.39 is 15.8 Å². The zero-order chi connectivity index (χ0) is 13.9. The highest BCUT2D eigenvalue weighted by Gasteiger charge is 2.20. The summed E-state index contributed by atoms with van der Waals surface area (Å²) in [6.45, 7) is 1.04. The lowest BCUT2D eigenvalue weighted by atomic mass is 10.3. The molecule has 0 saturated heterocycles. The minimum absolute atomic E-state index is 0.171. The predicted molar refractivity (Wildman–Crippen MR) is 72.2 cm³/mol. The van der Waals surface area contributed by atoms with Crippen molar-refractivity contribution in [3.8, 4) is 0 Å². The van der Waals surface area contributed by atoms with E-state index in [4.69, 9.17) is 11.6 Å². The third kappa shape index (κ3) is 4.42. The van der Waals surface area contributed by atoms with Crippen molar-refractivity contribution in [2.45, 2.75) is 30.2 Å². The minimum atomic E-state index is -3.80. The third-order valence-corrected chi connectivity index (χ3v) is 4.57. The van der Waals surface area contributed by atoms with Gasteiger partial charge in [-0.2, -0.15) is 0 Å². The molecule has 2 rings (SSSR count). The summed E-state index contributed by atoms with van der Waals surface area (Å²) < 4.78 is 39.6. The van der Waals surface area contributed by atoms with E-state index in [0.29, 0.717) is 12.5 Å². The van der Waals surface area contributed by atoms with E-state index in [1.807, 2.05) is 0 Å². The lowest BCUT2D eigenvalue weighted by Gasteiger charge is -2.08. The minimum Gasteiger partial charge on any atom is -0.314 e. The summed E-state index contributed by atoms with van der Waals surface area (Å²) in [5.41, 5.74) is 0. The molecule has 1 aromatic carbocycles. The lowest BCUT2D eigenvalue weighted by molar-refractivity contribution is 0.553. The average molecular weight is 307 g/mol. The van der Waals surface area contributed by atoms with Crippen LogP contribution in [0.25, 0.3) is 0 Å². The Morgan fingerprint density at radius 2 is 2.05 bits per heavy atom. The van der Waals surface area contributed by atoms with Gasteiger partial charge in [0.2, 0.25) is 10.0 Å². The molecule has 0 aliphatic heterocycles. The van der Waals surface area contributed by atoms with Crippen LogP contribution in [0, 0.1) is 5.82 Å². The molecule has 1 aliphatic carbocycles. The molecule has 1 fully saturated rings. The maximum Gasteiger partial charge on any atom is 0.243 e. The van der Waals surface area contributed by atoms with Gasteiger partial charge in [-0.05, 0) is 44.0 Å². The van der Waals surface area contributed by atoms with Gasteiger partial charge in [-0.25, -0.2) is 17.5 Å². The fourth-order valence-corrected chi connectivity index (χ4v) is 2.95. The normalized spacial score (nSPS) is 15.7. The smallest absolute Gasteiger partial charge is 0.243 e. The van der Waals surface area contributed by atoms with Crippen LogP contribution in [-0.4, -0.2) is 27.5 Å². The van der Waals surface area contributed by atoms with Crippen LogP contribution < -0.4 is 10.0 Å².